The second-order valence-corrected chi connectivity index (χ2v) is 5.12. The van der Waals surface area contributed by atoms with Crippen molar-refractivity contribution in [3.8, 4) is 17.2 Å². The van der Waals surface area contributed by atoms with Gasteiger partial charge in [-0.2, -0.15) is 0 Å². The number of fused-ring (bicyclic) bond motifs is 1. The quantitative estimate of drug-likeness (QED) is 0.813. The normalized spacial score (nSPS) is 14.1. The highest BCUT2D eigenvalue weighted by atomic mass is 16.7. The zero-order valence-corrected chi connectivity index (χ0v) is 12.4. The van der Waals surface area contributed by atoms with Crippen LogP contribution in [0.2, 0.25) is 0 Å². The molecule has 1 atom stereocenters. The number of aliphatic hydroxyl groups is 1. The molecule has 2 heterocycles. The summed E-state index contributed by atoms with van der Waals surface area (Å²) in [6.07, 6.45) is -0.610. The second kappa shape index (κ2) is 6.72. The molecule has 118 valence electrons. The second-order valence-electron chi connectivity index (χ2n) is 5.12. The maximum Gasteiger partial charge on any atom is 0.231 e. The highest BCUT2D eigenvalue weighted by Gasteiger charge is 2.14. The van der Waals surface area contributed by atoms with E-state index in [0.29, 0.717) is 30.3 Å². The van der Waals surface area contributed by atoms with Gasteiger partial charge in [-0.25, -0.2) is 0 Å². The van der Waals surface area contributed by atoms with E-state index >= 15 is 0 Å². The number of furan rings is 1. The monoisotopic (exact) mass is 305 g/mol. The number of ether oxygens (including phenoxy) is 3. The van der Waals surface area contributed by atoms with Crippen LogP contribution in [0, 0.1) is 6.92 Å². The molecule has 0 saturated heterocycles. The fourth-order valence-corrected chi connectivity index (χ4v) is 2.16. The number of nitrogens with one attached hydrogen (secondary N) is 1. The molecule has 0 amide bonds. The SMILES string of the molecule is Cc1ccc(CNCC(O)COc2ccc3c(c2)OCO3)o1. The molecule has 6 nitrogen and oxygen atoms in total. The molecule has 1 aliphatic heterocycles. The average molecular weight is 305 g/mol. The Morgan fingerprint density at radius 1 is 1.23 bits per heavy atom. The summed E-state index contributed by atoms with van der Waals surface area (Å²) in [5, 5.41) is 13.0. The lowest BCUT2D eigenvalue weighted by Gasteiger charge is -2.13. The molecule has 0 radical (unpaired) electrons. The predicted octanol–water partition coefficient (Wildman–Crippen LogP) is 1.85. The van der Waals surface area contributed by atoms with Crippen LogP contribution >= 0.6 is 0 Å². The maximum absolute atomic E-state index is 9.91. The summed E-state index contributed by atoms with van der Waals surface area (Å²) in [4.78, 5) is 0. The Morgan fingerprint density at radius 3 is 2.91 bits per heavy atom. The van der Waals surface area contributed by atoms with Crippen LogP contribution in [0.4, 0.5) is 0 Å². The van der Waals surface area contributed by atoms with Crippen LogP contribution in [0.1, 0.15) is 11.5 Å². The van der Waals surface area contributed by atoms with Crippen LogP contribution in [0.5, 0.6) is 17.2 Å². The van der Waals surface area contributed by atoms with Crippen molar-refractivity contribution in [2.24, 2.45) is 0 Å². The maximum atomic E-state index is 9.91. The van der Waals surface area contributed by atoms with Crippen molar-refractivity contribution < 1.29 is 23.7 Å². The van der Waals surface area contributed by atoms with Crippen LogP contribution in [0.15, 0.2) is 34.7 Å². The number of benzene rings is 1. The summed E-state index contributed by atoms with van der Waals surface area (Å²) in [5.41, 5.74) is 0. The predicted molar refractivity (Wildman–Crippen MR) is 79.2 cm³/mol. The minimum absolute atomic E-state index is 0.198. The van der Waals surface area contributed by atoms with Crippen molar-refractivity contribution in [2.75, 3.05) is 19.9 Å². The van der Waals surface area contributed by atoms with E-state index < -0.39 is 6.10 Å². The zero-order chi connectivity index (χ0) is 15.4. The molecule has 22 heavy (non-hydrogen) atoms. The Hall–Kier alpha value is -2.18. The number of aryl methyl sites for hydroxylation is 1. The fraction of sp³-hybridized carbons (Fsp3) is 0.375. The van der Waals surface area contributed by atoms with Crippen molar-refractivity contribution in [3.05, 3.63) is 41.9 Å². The molecule has 2 N–H and O–H groups in total. The summed E-state index contributed by atoms with van der Waals surface area (Å²) in [6, 6.07) is 9.17. The van der Waals surface area contributed by atoms with E-state index in [-0.39, 0.29) is 13.4 Å². The number of hydrogen-bond acceptors (Lipinski definition) is 6. The Kier molecular flexibility index (Phi) is 4.50. The standard InChI is InChI=1S/C16H19NO5/c1-11-2-3-14(22-11)8-17-7-12(18)9-19-13-4-5-15-16(6-13)21-10-20-15/h2-6,12,17-18H,7-10H2,1H3. The Bertz CT molecular complexity index is 625. The third kappa shape index (κ3) is 3.72. The van der Waals surface area contributed by atoms with Crippen molar-refractivity contribution in [3.63, 3.8) is 0 Å². The van der Waals surface area contributed by atoms with Crippen LogP contribution in [0.25, 0.3) is 0 Å². The van der Waals surface area contributed by atoms with E-state index in [0.717, 1.165) is 11.5 Å². The highest BCUT2D eigenvalue weighted by molar-refractivity contribution is 5.46. The lowest BCUT2D eigenvalue weighted by molar-refractivity contribution is 0.105. The first-order valence-corrected chi connectivity index (χ1v) is 7.17. The van der Waals surface area contributed by atoms with Gasteiger partial charge >= 0.3 is 0 Å². The molecule has 3 rings (SSSR count). The molecule has 1 aliphatic rings. The topological polar surface area (TPSA) is 73.1 Å². The number of aliphatic hydroxyl groups excluding tert-OH is 1. The molecular formula is C16H19NO5. The lowest BCUT2D eigenvalue weighted by Crippen LogP contribution is -2.31. The van der Waals surface area contributed by atoms with Gasteiger partial charge in [-0.15, -0.1) is 0 Å². The minimum atomic E-state index is -0.610. The van der Waals surface area contributed by atoms with Gasteiger partial charge in [0.2, 0.25) is 6.79 Å². The van der Waals surface area contributed by atoms with E-state index in [4.69, 9.17) is 18.6 Å². The minimum Gasteiger partial charge on any atom is -0.491 e. The first-order valence-electron chi connectivity index (χ1n) is 7.17. The van der Waals surface area contributed by atoms with E-state index in [1.54, 1.807) is 18.2 Å². The van der Waals surface area contributed by atoms with Gasteiger partial charge in [0.05, 0.1) is 6.54 Å². The summed E-state index contributed by atoms with van der Waals surface area (Å²) in [7, 11) is 0. The van der Waals surface area contributed by atoms with Crippen LogP contribution in [-0.4, -0.2) is 31.2 Å². The van der Waals surface area contributed by atoms with Crippen molar-refractivity contribution in [1.82, 2.24) is 5.32 Å². The van der Waals surface area contributed by atoms with Crippen molar-refractivity contribution in [2.45, 2.75) is 19.6 Å². The van der Waals surface area contributed by atoms with Crippen LogP contribution in [-0.2, 0) is 6.54 Å². The molecule has 6 heteroatoms. The summed E-state index contributed by atoms with van der Waals surface area (Å²) in [6.45, 7) is 3.33. The molecule has 1 unspecified atom stereocenters. The smallest absolute Gasteiger partial charge is 0.231 e. The average Bonchev–Trinajstić information content (AvgIpc) is 3.13. The largest absolute Gasteiger partial charge is 0.491 e. The molecule has 0 aliphatic carbocycles. The van der Waals surface area contributed by atoms with Crippen LogP contribution < -0.4 is 19.5 Å². The Morgan fingerprint density at radius 2 is 2.09 bits per heavy atom. The fourth-order valence-electron chi connectivity index (χ4n) is 2.16. The third-order valence-electron chi connectivity index (χ3n) is 3.26. The number of rotatable bonds is 7. The van der Waals surface area contributed by atoms with E-state index in [1.807, 2.05) is 19.1 Å². The van der Waals surface area contributed by atoms with Gasteiger partial charge in [-0.3, -0.25) is 0 Å². The molecule has 1 aromatic carbocycles. The molecule has 1 aromatic heterocycles. The highest BCUT2D eigenvalue weighted by Crippen LogP contribution is 2.35. The molecule has 0 fully saturated rings. The summed E-state index contributed by atoms with van der Waals surface area (Å²) < 4.78 is 21.5. The van der Waals surface area contributed by atoms with Gasteiger partial charge in [-0.1, -0.05) is 0 Å². The van der Waals surface area contributed by atoms with E-state index in [9.17, 15) is 5.11 Å². The number of hydrogen-bond donors (Lipinski definition) is 2. The van der Waals surface area contributed by atoms with E-state index in [1.165, 1.54) is 0 Å². The summed E-state index contributed by atoms with van der Waals surface area (Å²) >= 11 is 0. The first kappa shape index (κ1) is 14.7. The third-order valence-corrected chi connectivity index (χ3v) is 3.26. The van der Waals surface area contributed by atoms with Gasteiger partial charge in [0, 0.05) is 12.6 Å². The Labute approximate surface area is 128 Å². The van der Waals surface area contributed by atoms with Gasteiger partial charge in [0.1, 0.15) is 30.0 Å². The van der Waals surface area contributed by atoms with Gasteiger partial charge in [0.15, 0.2) is 11.5 Å². The van der Waals surface area contributed by atoms with E-state index in [2.05, 4.69) is 5.32 Å². The zero-order valence-electron chi connectivity index (χ0n) is 12.4. The molecule has 0 bridgehead atoms. The molecule has 0 saturated carbocycles. The van der Waals surface area contributed by atoms with Crippen molar-refractivity contribution in [1.29, 1.82) is 0 Å². The van der Waals surface area contributed by atoms with Gasteiger partial charge in [-0.05, 0) is 31.2 Å². The first-order chi connectivity index (χ1) is 10.7. The molecular weight excluding hydrogens is 286 g/mol. The lowest BCUT2D eigenvalue weighted by atomic mass is 10.3. The summed E-state index contributed by atoms with van der Waals surface area (Å²) in [5.74, 6) is 3.75. The molecule has 2 aromatic rings. The van der Waals surface area contributed by atoms with Gasteiger partial charge in [0.25, 0.3) is 0 Å². The molecule has 0 spiro atoms. The van der Waals surface area contributed by atoms with Crippen molar-refractivity contribution >= 4 is 0 Å². The van der Waals surface area contributed by atoms with Gasteiger partial charge < -0.3 is 29.1 Å². The van der Waals surface area contributed by atoms with Crippen LogP contribution in [0.3, 0.4) is 0 Å². The Balaban J connectivity index is 1.39.